The molecule has 0 unspecified atom stereocenters. The molecule has 0 saturated carbocycles. The van der Waals surface area contributed by atoms with Crippen LogP contribution in [0.4, 0.5) is 4.79 Å². The Labute approximate surface area is 79.4 Å². The number of nitrogens with zero attached hydrogens (tertiary/aromatic N) is 1. The molecule has 4 nitrogen and oxygen atoms in total. The Kier molecular flexibility index (Phi) is 12.7. The third kappa shape index (κ3) is 17.8. The number of hydrogen-bond donors (Lipinski definition) is 2. The van der Waals surface area contributed by atoms with Crippen LogP contribution in [0.25, 0.3) is 0 Å². The van der Waals surface area contributed by atoms with Crippen LogP contribution in [-0.4, -0.2) is 17.0 Å². The summed E-state index contributed by atoms with van der Waals surface area (Å²) in [5.41, 5.74) is 1.98. The normalized spacial score (nSPS) is 7.73. The molecule has 0 saturated heterocycles. The first-order valence-corrected chi connectivity index (χ1v) is 5.24. The molecule has 2 amide bonds. The van der Waals surface area contributed by atoms with E-state index in [-0.39, 0.29) is 0 Å². The van der Waals surface area contributed by atoms with Crippen molar-refractivity contribution in [3.63, 3.8) is 0 Å². The Morgan fingerprint density at radius 1 is 1.55 bits per heavy atom. The fraction of sp³-hybridized carbons (Fsp3) is 0.500. The second-order valence-corrected chi connectivity index (χ2v) is 3.24. The number of aliphatic imine (C=N–C) groups is 1. The van der Waals surface area contributed by atoms with Crippen molar-refractivity contribution < 1.29 is 22.9 Å². The van der Waals surface area contributed by atoms with Crippen LogP contribution in [0.15, 0.2) is 4.99 Å². The van der Waals surface area contributed by atoms with Gasteiger partial charge >= 0.3 is 39.2 Å². The minimum absolute atomic E-state index is 0.382. The van der Waals surface area contributed by atoms with Gasteiger partial charge in [0, 0.05) is 5.71 Å². The predicted octanol–water partition coefficient (Wildman–Crippen LogP) is 1.94. The van der Waals surface area contributed by atoms with Crippen LogP contribution >= 0.6 is 20.3 Å². The van der Waals surface area contributed by atoms with Crippen molar-refractivity contribution in [1.29, 1.82) is 0 Å². The summed E-state index contributed by atoms with van der Waals surface area (Å²) in [7, 11) is 9.47. The van der Waals surface area contributed by atoms with E-state index in [0.29, 0.717) is 18.6 Å². The molecule has 0 rings (SSSR count). The van der Waals surface area contributed by atoms with E-state index in [1.54, 1.807) is 13.8 Å². The second kappa shape index (κ2) is 10.2. The molecule has 69 valence electrons. The van der Waals surface area contributed by atoms with Gasteiger partial charge in [-0.15, -0.1) is 0 Å². The van der Waals surface area contributed by atoms with Gasteiger partial charge in [0.1, 0.15) is 0 Å². The summed E-state index contributed by atoms with van der Waals surface area (Å²) in [6.45, 7) is 3.32. The van der Waals surface area contributed by atoms with Crippen LogP contribution in [0.3, 0.4) is 0 Å². The van der Waals surface area contributed by atoms with E-state index in [4.69, 9.17) is 25.5 Å². The molecule has 0 heterocycles. The van der Waals surface area contributed by atoms with Gasteiger partial charge in [0.15, 0.2) is 0 Å². The Hall–Kier alpha value is 0.186. The van der Waals surface area contributed by atoms with Crippen molar-refractivity contribution in [3.05, 3.63) is 0 Å². The fourth-order valence-electron chi connectivity index (χ4n) is 0.228. The monoisotopic (exact) mass is 245 g/mol. The minimum atomic E-state index is -0.731. The summed E-state index contributed by atoms with van der Waals surface area (Å²) in [4.78, 5) is 13.4. The van der Waals surface area contributed by atoms with Crippen LogP contribution in [0.2, 0.25) is 0 Å². The molecule has 0 aliphatic carbocycles. The molecule has 11 heavy (non-hydrogen) atoms. The van der Waals surface area contributed by atoms with Gasteiger partial charge in [-0.2, -0.15) is 0 Å². The number of carbonyl (C=O) groups excluding carboxylic acids is 1. The average molecular weight is 246 g/mol. The molecule has 0 fully saturated rings. The van der Waals surface area contributed by atoms with E-state index in [1.807, 2.05) is 0 Å². The molecule has 0 aromatic rings. The number of urea groups is 1. The zero-order chi connectivity index (χ0) is 9.28. The summed E-state index contributed by atoms with van der Waals surface area (Å²) >= 11 is 0.382. The SMILES string of the molecule is CC(C)=NC(=O)NO.[Cl][Co][Cl]. The summed E-state index contributed by atoms with van der Waals surface area (Å²) in [6, 6.07) is -0.731. The fourth-order valence-corrected chi connectivity index (χ4v) is 0.228. The van der Waals surface area contributed by atoms with Gasteiger partial charge in [0.05, 0.1) is 0 Å². The maximum atomic E-state index is 10.1. The summed E-state index contributed by atoms with van der Waals surface area (Å²) in [5, 5.41) is 7.88. The number of amides is 2. The van der Waals surface area contributed by atoms with Crippen molar-refractivity contribution in [1.82, 2.24) is 5.48 Å². The van der Waals surface area contributed by atoms with Crippen LogP contribution in [-0.2, 0) is 12.9 Å². The first-order chi connectivity index (χ1) is 5.08. The Bertz CT molecular complexity index is 138. The molecule has 0 spiro atoms. The number of hydrogen-bond acceptors (Lipinski definition) is 2. The van der Waals surface area contributed by atoms with Crippen molar-refractivity contribution in [2.24, 2.45) is 4.99 Å². The molecule has 0 aromatic carbocycles. The zero-order valence-electron chi connectivity index (χ0n) is 5.89. The molecule has 7 heteroatoms. The molecule has 0 aliphatic rings. The van der Waals surface area contributed by atoms with Gasteiger partial charge < -0.3 is 0 Å². The molecule has 0 atom stereocenters. The first kappa shape index (κ1) is 13.8. The van der Waals surface area contributed by atoms with Gasteiger partial charge in [0.2, 0.25) is 0 Å². The molecular formula is C4H8Cl2CoN2O2. The van der Waals surface area contributed by atoms with Gasteiger partial charge in [0.25, 0.3) is 0 Å². The van der Waals surface area contributed by atoms with Gasteiger partial charge in [-0.25, -0.2) is 15.3 Å². The van der Waals surface area contributed by atoms with Crippen molar-refractivity contribution in [2.45, 2.75) is 13.8 Å². The van der Waals surface area contributed by atoms with Gasteiger partial charge in [-0.3, -0.25) is 5.21 Å². The van der Waals surface area contributed by atoms with Crippen molar-refractivity contribution in [2.75, 3.05) is 0 Å². The quantitative estimate of drug-likeness (QED) is 0.389. The second-order valence-electron chi connectivity index (χ2n) is 1.52. The van der Waals surface area contributed by atoms with Gasteiger partial charge in [-0.1, -0.05) is 0 Å². The van der Waals surface area contributed by atoms with Crippen molar-refractivity contribution >= 4 is 32.0 Å². The number of carbonyl (C=O) groups is 1. The number of hydroxylamine groups is 1. The predicted molar refractivity (Wildman–Crippen MR) is 40.8 cm³/mol. The van der Waals surface area contributed by atoms with Crippen LogP contribution in [0, 0.1) is 0 Å². The Morgan fingerprint density at radius 2 is 1.91 bits per heavy atom. The average Bonchev–Trinajstić information content (AvgIpc) is 1.88. The van der Waals surface area contributed by atoms with E-state index in [0.717, 1.165) is 0 Å². The number of halogens is 2. The van der Waals surface area contributed by atoms with E-state index < -0.39 is 6.03 Å². The van der Waals surface area contributed by atoms with Crippen LogP contribution in [0.5, 0.6) is 0 Å². The van der Waals surface area contributed by atoms with E-state index >= 15 is 0 Å². The molecule has 0 radical (unpaired) electrons. The third-order valence-electron chi connectivity index (χ3n) is 0.421. The topological polar surface area (TPSA) is 61.7 Å². The first-order valence-electron chi connectivity index (χ1n) is 2.38. The Morgan fingerprint density at radius 3 is 2.00 bits per heavy atom. The molecule has 2 N–H and O–H groups in total. The molecular weight excluding hydrogens is 238 g/mol. The standard InChI is InChI=1S/C4H8N2O2.2ClH.Co/c1-3(2)5-4(7)6-8;;;/h8H,1-2H3,(H,6,7);2*1H;/q;;;+2/p-2. The molecule has 0 aliphatic heterocycles. The molecule has 0 aromatic heterocycles. The summed E-state index contributed by atoms with van der Waals surface area (Å²) < 4.78 is 0. The number of rotatable bonds is 0. The van der Waals surface area contributed by atoms with Crippen molar-refractivity contribution in [3.8, 4) is 0 Å². The Balaban J connectivity index is 0. The summed E-state index contributed by atoms with van der Waals surface area (Å²) in [6.07, 6.45) is 0. The number of nitrogens with one attached hydrogen (secondary N) is 1. The molecule has 0 bridgehead atoms. The van der Waals surface area contributed by atoms with Crippen LogP contribution in [0.1, 0.15) is 13.8 Å². The van der Waals surface area contributed by atoms with E-state index in [2.05, 4.69) is 4.99 Å². The zero-order valence-corrected chi connectivity index (χ0v) is 8.44. The van der Waals surface area contributed by atoms with Gasteiger partial charge in [-0.05, 0) is 13.8 Å². The van der Waals surface area contributed by atoms with E-state index in [1.165, 1.54) is 5.48 Å². The summed E-state index contributed by atoms with van der Waals surface area (Å²) in [5.74, 6) is 0. The maximum absolute atomic E-state index is 10.1. The van der Waals surface area contributed by atoms with Crippen LogP contribution < -0.4 is 5.48 Å². The van der Waals surface area contributed by atoms with E-state index in [9.17, 15) is 4.79 Å². The third-order valence-corrected chi connectivity index (χ3v) is 0.421.